The number of likely N-dealkylation sites (N-methyl/N-ethyl adjacent to an activating group) is 1. The van der Waals surface area contributed by atoms with Crippen LogP contribution in [0.2, 0.25) is 0 Å². The van der Waals surface area contributed by atoms with Crippen LogP contribution in [0.4, 0.5) is 4.39 Å². The van der Waals surface area contributed by atoms with Crippen molar-refractivity contribution < 1.29 is 14.0 Å². The predicted octanol–water partition coefficient (Wildman–Crippen LogP) is 2.84. The molecule has 1 aromatic carbocycles. The summed E-state index contributed by atoms with van der Waals surface area (Å²) in [6.45, 7) is 12.5. The van der Waals surface area contributed by atoms with E-state index in [1.165, 1.54) is 6.07 Å². The SMILES string of the molecule is CCN1CCN(C(=O)CCNC(=O)/C=C(/c2ccc(F)c(C)c2)C(C)C)CC1. The summed E-state index contributed by atoms with van der Waals surface area (Å²) >= 11 is 0. The predicted molar refractivity (Wildman–Crippen MR) is 110 cm³/mol. The standard InChI is InChI=1S/C22H32FN3O2/c1-5-25-10-12-26(13-11-25)22(28)8-9-24-21(27)15-19(16(2)3)18-6-7-20(23)17(4)14-18/h6-7,14-16H,5,8-13H2,1-4H3,(H,24,27)/b19-15+. The third kappa shape index (κ3) is 6.16. The minimum atomic E-state index is -0.255. The van der Waals surface area contributed by atoms with E-state index < -0.39 is 0 Å². The Morgan fingerprint density at radius 2 is 1.89 bits per heavy atom. The Balaban J connectivity index is 1.88. The van der Waals surface area contributed by atoms with Gasteiger partial charge < -0.3 is 15.1 Å². The first-order valence-electron chi connectivity index (χ1n) is 10.1. The molecule has 0 aromatic heterocycles. The van der Waals surface area contributed by atoms with Crippen LogP contribution in [0.1, 0.15) is 38.3 Å². The minimum absolute atomic E-state index is 0.0817. The highest BCUT2D eigenvalue weighted by atomic mass is 19.1. The summed E-state index contributed by atoms with van der Waals surface area (Å²) in [7, 11) is 0. The Hall–Kier alpha value is -2.21. The molecule has 1 fully saturated rings. The quantitative estimate of drug-likeness (QED) is 0.730. The lowest BCUT2D eigenvalue weighted by atomic mass is 9.93. The van der Waals surface area contributed by atoms with Gasteiger partial charge in [-0.15, -0.1) is 0 Å². The van der Waals surface area contributed by atoms with Crippen LogP contribution in [-0.2, 0) is 9.59 Å². The van der Waals surface area contributed by atoms with Gasteiger partial charge in [-0.25, -0.2) is 4.39 Å². The lowest BCUT2D eigenvalue weighted by Gasteiger charge is -2.34. The Bertz CT molecular complexity index is 722. The van der Waals surface area contributed by atoms with Gasteiger partial charge in [0.25, 0.3) is 0 Å². The van der Waals surface area contributed by atoms with Crippen molar-refractivity contribution in [2.45, 2.75) is 34.1 Å². The molecule has 5 nitrogen and oxygen atoms in total. The second-order valence-electron chi connectivity index (χ2n) is 7.57. The summed E-state index contributed by atoms with van der Waals surface area (Å²) < 4.78 is 13.5. The Morgan fingerprint density at radius 3 is 2.46 bits per heavy atom. The summed E-state index contributed by atoms with van der Waals surface area (Å²) in [6, 6.07) is 4.88. The Labute approximate surface area is 167 Å². The van der Waals surface area contributed by atoms with Crippen LogP contribution in [0.25, 0.3) is 5.57 Å². The number of halogens is 1. The van der Waals surface area contributed by atoms with Crippen molar-refractivity contribution in [2.75, 3.05) is 39.3 Å². The van der Waals surface area contributed by atoms with Crippen LogP contribution in [0.3, 0.4) is 0 Å². The number of carbonyl (C=O) groups excluding carboxylic acids is 2. The number of hydrogen-bond donors (Lipinski definition) is 1. The van der Waals surface area contributed by atoms with Crippen LogP contribution in [0.15, 0.2) is 24.3 Å². The summed E-state index contributed by atoms with van der Waals surface area (Å²) in [5.74, 6) is -0.283. The average Bonchev–Trinajstić information content (AvgIpc) is 2.68. The van der Waals surface area contributed by atoms with Gasteiger partial charge >= 0.3 is 0 Å². The average molecular weight is 390 g/mol. The maximum absolute atomic E-state index is 13.5. The zero-order valence-electron chi connectivity index (χ0n) is 17.4. The van der Waals surface area contributed by atoms with E-state index in [9.17, 15) is 14.0 Å². The van der Waals surface area contributed by atoms with Gasteiger partial charge in [-0.1, -0.05) is 26.8 Å². The van der Waals surface area contributed by atoms with Crippen LogP contribution in [0.5, 0.6) is 0 Å². The lowest BCUT2D eigenvalue weighted by Crippen LogP contribution is -2.49. The summed E-state index contributed by atoms with van der Waals surface area (Å²) in [4.78, 5) is 28.8. The molecule has 6 heteroatoms. The van der Waals surface area contributed by atoms with Gasteiger partial charge in [0.1, 0.15) is 5.82 Å². The van der Waals surface area contributed by atoms with Gasteiger partial charge in [0.2, 0.25) is 11.8 Å². The molecular weight excluding hydrogens is 357 g/mol. The fourth-order valence-corrected chi connectivity index (χ4v) is 3.36. The summed E-state index contributed by atoms with van der Waals surface area (Å²) in [5, 5.41) is 2.81. The zero-order valence-corrected chi connectivity index (χ0v) is 17.4. The third-order valence-corrected chi connectivity index (χ3v) is 5.21. The van der Waals surface area contributed by atoms with Gasteiger partial charge in [0.15, 0.2) is 0 Å². The minimum Gasteiger partial charge on any atom is -0.352 e. The first-order valence-corrected chi connectivity index (χ1v) is 10.1. The van der Waals surface area contributed by atoms with Gasteiger partial charge in [-0.3, -0.25) is 9.59 Å². The number of benzene rings is 1. The highest BCUT2D eigenvalue weighted by molar-refractivity contribution is 5.95. The topological polar surface area (TPSA) is 52.6 Å². The van der Waals surface area contributed by atoms with Gasteiger partial charge in [0.05, 0.1) is 0 Å². The maximum atomic E-state index is 13.5. The molecule has 1 aromatic rings. The van der Waals surface area contributed by atoms with Crippen LogP contribution in [-0.4, -0.2) is 60.9 Å². The van der Waals surface area contributed by atoms with Gasteiger partial charge in [-0.05, 0) is 48.2 Å². The lowest BCUT2D eigenvalue weighted by molar-refractivity contribution is -0.132. The third-order valence-electron chi connectivity index (χ3n) is 5.21. The van der Waals surface area contributed by atoms with E-state index in [0.717, 1.165) is 43.9 Å². The van der Waals surface area contributed by atoms with E-state index in [1.807, 2.05) is 18.7 Å². The molecule has 1 aliphatic heterocycles. The molecular formula is C22H32FN3O2. The van der Waals surface area contributed by atoms with Crippen molar-refractivity contribution in [3.05, 3.63) is 41.2 Å². The number of rotatable bonds is 7. The molecule has 0 saturated carbocycles. The highest BCUT2D eigenvalue weighted by Gasteiger charge is 2.19. The number of amides is 2. The van der Waals surface area contributed by atoms with E-state index >= 15 is 0 Å². The first-order chi connectivity index (χ1) is 13.3. The largest absolute Gasteiger partial charge is 0.352 e. The summed E-state index contributed by atoms with van der Waals surface area (Å²) in [6.07, 6.45) is 1.86. The number of carbonyl (C=O) groups is 2. The second kappa shape index (κ2) is 10.4. The fourth-order valence-electron chi connectivity index (χ4n) is 3.36. The molecule has 0 radical (unpaired) electrons. The van der Waals surface area contributed by atoms with Gasteiger partial charge in [0, 0.05) is 45.2 Å². The molecule has 1 N–H and O–H groups in total. The highest BCUT2D eigenvalue weighted by Crippen LogP contribution is 2.24. The van der Waals surface area contributed by atoms with E-state index in [-0.39, 0.29) is 23.5 Å². The normalized spacial score (nSPS) is 15.8. The molecule has 2 amide bonds. The number of aryl methyl sites for hydroxylation is 1. The number of nitrogens with one attached hydrogen (secondary N) is 1. The molecule has 154 valence electrons. The molecule has 0 atom stereocenters. The first kappa shape index (κ1) is 22.1. The maximum Gasteiger partial charge on any atom is 0.244 e. The van der Waals surface area contributed by atoms with Crippen molar-refractivity contribution in [2.24, 2.45) is 5.92 Å². The molecule has 28 heavy (non-hydrogen) atoms. The molecule has 0 spiro atoms. The van der Waals surface area contributed by atoms with E-state index in [1.54, 1.807) is 25.1 Å². The van der Waals surface area contributed by atoms with Crippen LogP contribution >= 0.6 is 0 Å². The Kier molecular flexibility index (Phi) is 8.18. The number of hydrogen-bond acceptors (Lipinski definition) is 3. The van der Waals surface area contributed by atoms with Gasteiger partial charge in [-0.2, -0.15) is 0 Å². The van der Waals surface area contributed by atoms with Crippen LogP contribution < -0.4 is 5.32 Å². The number of piperazine rings is 1. The summed E-state index contributed by atoms with van der Waals surface area (Å²) in [5.41, 5.74) is 2.25. The Morgan fingerprint density at radius 1 is 1.21 bits per heavy atom. The molecule has 2 rings (SSSR count). The number of allylic oxidation sites excluding steroid dienone is 1. The van der Waals surface area contributed by atoms with Crippen molar-refractivity contribution in [3.8, 4) is 0 Å². The van der Waals surface area contributed by atoms with Crippen LogP contribution in [0, 0.1) is 18.7 Å². The molecule has 1 aliphatic rings. The van der Waals surface area contributed by atoms with Crippen molar-refractivity contribution in [1.29, 1.82) is 0 Å². The van der Waals surface area contributed by atoms with Crippen molar-refractivity contribution in [1.82, 2.24) is 15.1 Å². The fraction of sp³-hybridized carbons (Fsp3) is 0.545. The van der Waals surface area contributed by atoms with E-state index in [4.69, 9.17) is 0 Å². The molecule has 0 aliphatic carbocycles. The molecule has 1 saturated heterocycles. The van der Waals surface area contributed by atoms with Crippen molar-refractivity contribution in [3.63, 3.8) is 0 Å². The number of nitrogens with zero attached hydrogens (tertiary/aromatic N) is 2. The molecule has 0 bridgehead atoms. The van der Waals surface area contributed by atoms with Crippen molar-refractivity contribution >= 4 is 17.4 Å². The zero-order chi connectivity index (χ0) is 20.7. The molecule has 1 heterocycles. The molecule has 0 unspecified atom stereocenters. The monoisotopic (exact) mass is 389 g/mol. The smallest absolute Gasteiger partial charge is 0.244 e. The van der Waals surface area contributed by atoms with E-state index in [0.29, 0.717) is 18.5 Å². The second-order valence-corrected chi connectivity index (χ2v) is 7.57. The van der Waals surface area contributed by atoms with E-state index in [2.05, 4.69) is 17.1 Å².